The molecule has 0 amide bonds. The summed E-state index contributed by atoms with van der Waals surface area (Å²) in [6.45, 7) is 2.25. The number of methoxy groups -OCH3 is 1. The summed E-state index contributed by atoms with van der Waals surface area (Å²) in [7, 11) is 1.69. The average Bonchev–Trinajstić information content (AvgIpc) is 2.68. The van der Waals surface area contributed by atoms with Crippen molar-refractivity contribution in [2.75, 3.05) is 7.11 Å². The third-order valence-corrected chi connectivity index (χ3v) is 5.30. The lowest BCUT2D eigenvalue weighted by Crippen LogP contribution is -2.08. The highest BCUT2D eigenvalue weighted by Crippen LogP contribution is 2.66. The third kappa shape index (κ3) is 1.50. The zero-order chi connectivity index (χ0) is 10.4. The Morgan fingerprint density at radius 1 is 1.21 bits per heavy atom. The second-order valence-electron chi connectivity index (χ2n) is 3.94. The van der Waals surface area contributed by atoms with Gasteiger partial charge in [0, 0.05) is 5.41 Å². The first-order chi connectivity index (χ1) is 6.49. The van der Waals surface area contributed by atoms with Crippen LogP contribution in [0.3, 0.4) is 0 Å². The van der Waals surface area contributed by atoms with Crippen LogP contribution in [-0.4, -0.2) is 10.3 Å². The minimum Gasteiger partial charge on any atom is -0.497 e. The van der Waals surface area contributed by atoms with Gasteiger partial charge in [0.15, 0.2) is 0 Å². The summed E-state index contributed by atoms with van der Waals surface area (Å²) in [5, 5.41) is 0. The van der Waals surface area contributed by atoms with Crippen molar-refractivity contribution < 1.29 is 4.74 Å². The molecule has 1 aromatic rings. The molecule has 1 nitrogen and oxygen atoms in total. The van der Waals surface area contributed by atoms with E-state index in [0.29, 0.717) is 0 Å². The minimum absolute atomic E-state index is 0.0849. The summed E-state index contributed by atoms with van der Waals surface area (Å²) in [6, 6.07) is 8.27. The van der Waals surface area contributed by atoms with Gasteiger partial charge in [-0.05, 0) is 24.1 Å². The number of hydrogen-bond donors (Lipinski definition) is 0. The van der Waals surface area contributed by atoms with Gasteiger partial charge < -0.3 is 4.74 Å². The summed E-state index contributed by atoms with van der Waals surface area (Å²) in [5.41, 5.74) is 1.55. The first kappa shape index (κ1) is 10.5. The standard InChI is InChI=1S/C11H12Br2O/c1-10(7-11(10,12)13)8-3-5-9(14-2)6-4-8/h3-6H,7H2,1-2H3. The largest absolute Gasteiger partial charge is 0.497 e. The van der Waals surface area contributed by atoms with Crippen molar-refractivity contribution in [3.8, 4) is 5.75 Å². The Labute approximate surface area is 101 Å². The number of hydrogen-bond acceptors (Lipinski definition) is 1. The van der Waals surface area contributed by atoms with Crippen molar-refractivity contribution in [1.29, 1.82) is 0 Å². The zero-order valence-electron chi connectivity index (χ0n) is 8.18. The van der Waals surface area contributed by atoms with E-state index in [0.717, 1.165) is 12.2 Å². The Hall–Kier alpha value is -0.0200. The van der Waals surface area contributed by atoms with Crippen molar-refractivity contribution in [2.45, 2.75) is 22.0 Å². The molecule has 1 atom stereocenters. The molecular weight excluding hydrogens is 308 g/mol. The molecule has 1 unspecified atom stereocenters. The number of ether oxygens (including phenoxy) is 1. The van der Waals surface area contributed by atoms with Gasteiger partial charge in [-0.15, -0.1) is 0 Å². The van der Waals surface area contributed by atoms with Crippen LogP contribution in [0.25, 0.3) is 0 Å². The van der Waals surface area contributed by atoms with Gasteiger partial charge in [-0.1, -0.05) is 50.9 Å². The average molecular weight is 320 g/mol. The van der Waals surface area contributed by atoms with Gasteiger partial charge in [-0.3, -0.25) is 0 Å². The summed E-state index contributed by atoms with van der Waals surface area (Å²) in [4.78, 5) is 0. The van der Waals surface area contributed by atoms with Crippen molar-refractivity contribution >= 4 is 31.9 Å². The van der Waals surface area contributed by atoms with E-state index in [1.165, 1.54) is 5.56 Å². The van der Waals surface area contributed by atoms with Crippen LogP contribution in [0, 0.1) is 0 Å². The van der Waals surface area contributed by atoms with Crippen molar-refractivity contribution in [3.63, 3.8) is 0 Å². The Morgan fingerprint density at radius 2 is 1.71 bits per heavy atom. The molecule has 1 fully saturated rings. The van der Waals surface area contributed by atoms with Crippen molar-refractivity contribution in [1.82, 2.24) is 0 Å². The SMILES string of the molecule is COc1ccc(C2(C)CC2(Br)Br)cc1. The van der Waals surface area contributed by atoms with Crippen LogP contribution in [0.4, 0.5) is 0 Å². The molecule has 1 aliphatic carbocycles. The van der Waals surface area contributed by atoms with Gasteiger partial charge in [0.25, 0.3) is 0 Å². The monoisotopic (exact) mass is 318 g/mol. The quantitative estimate of drug-likeness (QED) is 0.752. The van der Waals surface area contributed by atoms with Crippen LogP contribution in [0.15, 0.2) is 24.3 Å². The fraction of sp³-hybridized carbons (Fsp3) is 0.455. The van der Waals surface area contributed by atoms with E-state index in [9.17, 15) is 0 Å². The predicted molar refractivity (Wildman–Crippen MR) is 65.5 cm³/mol. The van der Waals surface area contributed by atoms with Gasteiger partial charge in [0.1, 0.15) is 5.75 Å². The summed E-state index contributed by atoms with van der Waals surface area (Å²) < 4.78 is 5.22. The summed E-state index contributed by atoms with van der Waals surface area (Å²) in [6.07, 6.45) is 1.12. The Bertz CT molecular complexity index is 345. The first-order valence-corrected chi connectivity index (χ1v) is 6.10. The molecule has 0 saturated heterocycles. The van der Waals surface area contributed by atoms with Crippen LogP contribution in [0.2, 0.25) is 0 Å². The number of benzene rings is 1. The molecule has 2 rings (SSSR count). The van der Waals surface area contributed by atoms with Crippen LogP contribution in [-0.2, 0) is 5.41 Å². The highest BCUT2D eigenvalue weighted by atomic mass is 79.9. The number of halogens is 2. The van der Waals surface area contributed by atoms with E-state index in [1.54, 1.807) is 7.11 Å². The van der Waals surface area contributed by atoms with Crippen LogP contribution in [0.1, 0.15) is 18.9 Å². The lowest BCUT2D eigenvalue weighted by molar-refractivity contribution is 0.414. The van der Waals surface area contributed by atoms with E-state index in [1.807, 2.05) is 12.1 Å². The van der Waals surface area contributed by atoms with Crippen LogP contribution >= 0.6 is 31.9 Å². The smallest absolute Gasteiger partial charge is 0.118 e. The van der Waals surface area contributed by atoms with E-state index in [4.69, 9.17) is 4.74 Å². The molecule has 3 heteroatoms. The Kier molecular flexibility index (Phi) is 2.43. The molecule has 1 aromatic carbocycles. The van der Waals surface area contributed by atoms with Crippen LogP contribution < -0.4 is 4.74 Å². The van der Waals surface area contributed by atoms with Gasteiger partial charge in [0.2, 0.25) is 0 Å². The predicted octanol–water partition coefficient (Wildman–Crippen LogP) is 3.84. The number of rotatable bonds is 2. The maximum absolute atomic E-state index is 5.13. The minimum atomic E-state index is 0.0849. The fourth-order valence-corrected chi connectivity index (χ4v) is 3.25. The summed E-state index contributed by atoms with van der Waals surface area (Å²) >= 11 is 7.33. The molecule has 1 aliphatic rings. The second-order valence-corrected chi connectivity index (χ2v) is 7.71. The molecule has 0 aromatic heterocycles. The molecule has 14 heavy (non-hydrogen) atoms. The molecule has 76 valence electrons. The second kappa shape index (κ2) is 3.24. The maximum atomic E-state index is 5.13. The zero-order valence-corrected chi connectivity index (χ0v) is 11.4. The lowest BCUT2D eigenvalue weighted by atomic mass is 9.98. The van der Waals surface area contributed by atoms with Gasteiger partial charge in [0.05, 0.1) is 10.3 Å². The molecule has 0 spiro atoms. The third-order valence-electron chi connectivity index (χ3n) is 2.98. The van der Waals surface area contributed by atoms with E-state index < -0.39 is 0 Å². The van der Waals surface area contributed by atoms with E-state index in [2.05, 4.69) is 50.9 Å². The maximum Gasteiger partial charge on any atom is 0.118 e. The molecule has 0 heterocycles. The first-order valence-electron chi connectivity index (χ1n) is 4.52. The van der Waals surface area contributed by atoms with Crippen LogP contribution in [0.5, 0.6) is 5.75 Å². The van der Waals surface area contributed by atoms with Crippen molar-refractivity contribution in [3.05, 3.63) is 29.8 Å². The van der Waals surface area contributed by atoms with E-state index >= 15 is 0 Å². The fourth-order valence-electron chi connectivity index (χ4n) is 1.67. The van der Waals surface area contributed by atoms with E-state index in [-0.39, 0.29) is 8.65 Å². The van der Waals surface area contributed by atoms with Crippen molar-refractivity contribution in [2.24, 2.45) is 0 Å². The number of alkyl halides is 2. The van der Waals surface area contributed by atoms with Gasteiger partial charge in [-0.25, -0.2) is 0 Å². The molecule has 0 radical (unpaired) electrons. The lowest BCUT2D eigenvalue weighted by Gasteiger charge is -2.13. The highest BCUT2D eigenvalue weighted by Gasteiger charge is 2.62. The van der Waals surface area contributed by atoms with Gasteiger partial charge in [-0.2, -0.15) is 0 Å². The highest BCUT2D eigenvalue weighted by molar-refractivity contribution is 9.25. The summed E-state index contributed by atoms with van der Waals surface area (Å²) in [5.74, 6) is 0.910. The normalized spacial score (nSPS) is 28.6. The van der Waals surface area contributed by atoms with Gasteiger partial charge >= 0.3 is 0 Å². The Morgan fingerprint density at radius 3 is 2.07 bits per heavy atom. The molecular formula is C11H12Br2O. The molecule has 0 aliphatic heterocycles. The Balaban J connectivity index is 2.27. The molecule has 1 saturated carbocycles. The topological polar surface area (TPSA) is 9.23 Å². The molecule has 0 N–H and O–H groups in total. The molecule has 0 bridgehead atoms.